The largest absolute Gasteiger partial charge is 0.309 e. The van der Waals surface area contributed by atoms with E-state index >= 15 is 0 Å². The van der Waals surface area contributed by atoms with Gasteiger partial charge in [-0.3, -0.25) is 0 Å². The van der Waals surface area contributed by atoms with Gasteiger partial charge in [0, 0.05) is 20.6 Å². The highest BCUT2D eigenvalue weighted by Gasteiger charge is 2.49. The van der Waals surface area contributed by atoms with Crippen LogP contribution in [0.4, 0.5) is 0 Å². The lowest BCUT2D eigenvalue weighted by Gasteiger charge is -2.45. The van der Waals surface area contributed by atoms with Crippen LogP contribution < -0.4 is 0 Å². The van der Waals surface area contributed by atoms with E-state index in [1.807, 2.05) is 11.8 Å². The van der Waals surface area contributed by atoms with Crippen LogP contribution in [0.15, 0.2) is 186 Å². The van der Waals surface area contributed by atoms with Crippen LogP contribution in [0.2, 0.25) is 0 Å². The minimum Gasteiger partial charge on any atom is -0.309 e. The highest BCUT2D eigenvalue weighted by molar-refractivity contribution is 7.99. The maximum absolute atomic E-state index is 2.51. The van der Waals surface area contributed by atoms with Crippen molar-refractivity contribution < 1.29 is 0 Å². The maximum atomic E-state index is 2.51. The number of hydrogen-bond donors (Lipinski definition) is 0. The minimum absolute atomic E-state index is 0.474. The van der Waals surface area contributed by atoms with Crippen molar-refractivity contribution in [2.75, 3.05) is 0 Å². The van der Waals surface area contributed by atoms with Crippen LogP contribution in [0, 0.1) is 0 Å². The van der Waals surface area contributed by atoms with Crippen LogP contribution >= 0.6 is 11.8 Å². The molecule has 0 fully saturated rings. The summed E-state index contributed by atoms with van der Waals surface area (Å²) in [5, 5.41) is 5.14. The Bertz CT molecular complexity index is 2800. The molecule has 1 spiro atoms. The fourth-order valence-electron chi connectivity index (χ4n) is 8.73. The fourth-order valence-corrected chi connectivity index (χ4v) is 9.90. The van der Waals surface area contributed by atoms with Crippen molar-refractivity contribution in [3.8, 4) is 27.9 Å². The molecule has 49 heavy (non-hydrogen) atoms. The third-order valence-corrected chi connectivity index (χ3v) is 12.0. The van der Waals surface area contributed by atoms with Gasteiger partial charge in [-0.2, -0.15) is 0 Å². The van der Waals surface area contributed by atoms with Crippen molar-refractivity contribution in [2.45, 2.75) is 15.2 Å². The van der Waals surface area contributed by atoms with E-state index in [0.717, 1.165) is 0 Å². The second-order valence-corrected chi connectivity index (χ2v) is 14.4. The smallest absolute Gasteiger partial charge is 0.0764 e. The maximum Gasteiger partial charge on any atom is 0.0764 e. The molecule has 8 aromatic carbocycles. The summed E-state index contributed by atoms with van der Waals surface area (Å²) < 4.78 is 2.51. The van der Waals surface area contributed by atoms with E-state index in [2.05, 4.69) is 180 Å². The lowest BCUT2D eigenvalue weighted by atomic mass is 9.62. The van der Waals surface area contributed by atoms with Crippen molar-refractivity contribution in [1.29, 1.82) is 0 Å². The van der Waals surface area contributed by atoms with Gasteiger partial charge in [-0.05, 0) is 91.7 Å². The van der Waals surface area contributed by atoms with Crippen LogP contribution in [0.5, 0.6) is 0 Å². The molecule has 2 aliphatic rings. The van der Waals surface area contributed by atoms with Crippen LogP contribution in [0.1, 0.15) is 22.3 Å². The molecule has 0 N–H and O–H groups in total. The van der Waals surface area contributed by atoms with Gasteiger partial charge < -0.3 is 4.57 Å². The normalized spacial score (nSPS) is 15.8. The molecule has 0 saturated heterocycles. The molecule has 1 nitrogen and oxygen atoms in total. The molecule has 1 atom stereocenters. The van der Waals surface area contributed by atoms with Crippen molar-refractivity contribution in [3.63, 3.8) is 0 Å². The zero-order valence-corrected chi connectivity index (χ0v) is 27.4. The van der Waals surface area contributed by atoms with Gasteiger partial charge in [-0.1, -0.05) is 151 Å². The van der Waals surface area contributed by atoms with E-state index in [4.69, 9.17) is 0 Å². The molecular formula is C47H29NS. The van der Waals surface area contributed by atoms with Gasteiger partial charge in [0.05, 0.1) is 22.1 Å². The molecular weight excluding hydrogens is 611 g/mol. The van der Waals surface area contributed by atoms with Crippen LogP contribution in [0.3, 0.4) is 0 Å². The molecule has 1 aromatic heterocycles. The Kier molecular flexibility index (Phi) is 5.59. The number of hydrogen-bond acceptors (Lipinski definition) is 1. The molecule has 0 amide bonds. The summed E-state index contributed by atoms with van der Waals surface area (Å²) in [4.78, 5) is 2.63. The van der Waals surface area contributed by atoms with Crippen LogP contribution in [-0.2, 0) is 5.41 Å². The van der Waals surface area contributed by atoms with E-state index in [1.165, 1.54) is 92.6 Å². The van der Waals surface area contributed by atoms with Gasteiger partial charge >= 0.3 is 0 Å². The number of benzene rings is 8. The second-order valence-electron chi connectivity index (χ2n) is 13.3. The lowest BCUT2D eigenvalue weighted by molar-refractivity contribution is 0.690. The first-order valence-corrected chi connectivity index (χ1v) is 17.7. The molecule has 9 aromatic rings. The molecule has 0 aliphatic carbocycles. The van der Waals surface area contributed by atoms with Crippen molar-refractivity contribution in [2.24, 2.45) is 0 Å². The number of para-hydroxylation sites is 3. The third kappa shape index (κ3) is 3.67. The summed E-state index contributed by atoms with van der Waals surface area (Å²) >= 11 is 1.90. The minimum atomic E-state index is -0.474. The molecule has 228 valence electrons. The summed E-state index contributed by atoms with van der Waals surface area (Å²) in [5.41, 5.74) is 13.7. The van der Waals surface area contributed by atoms with E-state index in [0.29, 0.717) is 0 Å². The van der Waals surface area contributed by atoms with E-state index in [1.54, 1.807) is 0 Å². The second kappa shape index (κ2) is 10.1. The lowest BCUT2D eigenvalue weighted by Crippen LogP contribution is -2.37. The third-order valence-electron chi connectivity index (χ3n) is 10.8. The van der Waals surface area contributed by atoms with Crippen molar-refractivity contribution >= 4 is 44.3 Å². The molecule has 2 heteroatoms. The van der Waals surface area contributed by atoms with E-state index in [9.17, 15) is 0 Å². The Balaban J connectivity index is 1.16. The van der Waals surface area contributed by atoms with Gasteiger partial charge in [-0.15, -0.1) is 0 Å². The van der Waals surface area contributed by atoms with Crippen LogP contribution in [0.25, 0.3) is 60.5 Å². The van der Waals surface area contributed by atoms with Crippen LogP contribution in [-0.4, -0.2) is 4.57 Å². The molecule has 0 radical (unpaired) electrons. The van der Waals surface area contributed by atoms with Gasteiger partial charge in [-0.25, -0.2) is 0 Å². The first-order chi connectivity index (χ1) is 24.3. The predicted octanol–water partition coefficient (Wildman–Crippen LogP) is 12.4. The Morgan fingerprint density at radius 1 is 0.388 bits per heavy atom. The first kappa shape index (κ1) is 27.2. The first-order valence-electron chi connectivity index (χ1n) is 16.9. The molecule has 3 heterocycles. The van der Waals surface area contributed by atoms with Gasteiger partial charge in [0.2, 0.25) is 0 Å². The molecule has 0 saturated carbocycles. The number of aromatic nitrogens is 1. The molecule has 0 bridgehead atoms. The highest BCUT2D eigenvalue weighted by Crippen LogP contribution is 2.60. The quantitative estimate of drug-likeness (QED) is 0.182. The summed E-state index contributed by atoms with van der Waals surface area (Å²) in [6, 6.07) is 65.6. The Hall–Kier alpha value is -5.83. The van der Waals surface area contributed by atoms with E-state index in [-0.39, 0.29) is 0 Å². The average Bonchev–Trinajstić information content (AvgIpc) is 3.51. The SMILES string of the molecule is c1ccc2c(c1)Sc1ccc(-c3ccc(-c4ccc5ccccc5c4)cc3)cc1C21c2ccccc2-n2c3ccccc3c3cccc1c32. The Morgan fingerprint density at radius 3 is 1.88 bits per heavy atom. The monoisotopic (exact) mass is 639 g/mol. The molecule has 1 unspecified atom stereocenters. The van der Waals surface area contributed by atoms with E-state index < -0.39 is 5.41 Å². The topological polar surface area (TPSA) is 4.93 Å². The van der Waals surface area contributed by atoms with Gasteiger partial charge in [0.15, 0.2) is 0 Å². The average molecular weight is 640 g/mol. The Morgan fingerprint density at radius 2 is 1.00 bits per heavy atom. The molecule has 2 aliphatic heterocycles. The zero-order valence-electron chi connectivity index (χ0n) is 26.6. The standard InChI is InChI=1S/C47H29NS/c1-2-11-33-28-34(25-24-30(33)10-1)31-20-22-32(23-21-31)35-26-27-45-41(29-35)47(39-15-5-8-19-44(39)49-45)38-14-4-7-18-43(38)48-42-17-6-3-12-36(42)37-13-9-16-40(47)46(37)48/h1-29H. The summed E-state index contributed by atoms with van der Waals surface area (Å²) in [5.74, 6) is 0. The van der Waals surface area contributed by atoms with Gasteiger partial charge in [0.25, 0.3) is 0 Å². The summed E-state index contributed by atoms with van der Waals surface area (Å²) in [7, 11) is 0. The number of rotatable bonds is 2. The highest BCUT2D eigenvalue weighted by atomic mass is 32.2. The zero-order chi connectivity index (χ0) is 32.1. The van der Waals surface area contributed by atoms with Crippen molar-refractivity contribution in [1.82, 2.24) is 4.57 Å². The predicted molar refractivity (Wildman–Crippen MR) is 205 cm³/mol. The Labute approximate surface area is 289 Å². The fraction of sp³-hybridized carbons (Fsp3) is 0.0213. The summed E-state index contributed by atoms with van der Waals surface area (Å²) in [6.45, 7) is 0. The van der Waals surface area contributed by atoms with Gasteiger partial charge in [0.1, 0.15) is 0 Å². The molecule has 11 rings (SSSR count). The van der Waals surface area contributed by atoms with Crippen molar-refractivity contribution in [3.05, 3.63) is 198 Å². The summed E-state index contributed by atoms with van der Waals surface area (Å²) in [6.07, 6.45) is 0. The number of nitrogens with zero attached hydrogens (tertiary/aromatic N) is 1. The number of fused-ring (bicyclic) bond motifs is 12.